The lowest BCUT2D eigenvalue weighted by atomic mass is 9.82. The molecule has 0 bridgehead atoms. The highest BCUT2D eigenvalue weighted by atomic mass is 16.5. The highest BCUT2D eigenvalue weighted by Crippen LogP contribution is 2.33. The van der Waals surface area contributed by atoms with Crippen LogP contribution in [0.25, 0.3) is 0 Å². The Balaban J connectivity index is 1.52. The quantitative estimate of drug-likeness (QED) is 0.123. The second-order valence-electron chi connectivity index (χ2n) is 12.3. The minimum atomic E-state index is -0.350. The third-order valence-corrected chi connectivity index (χ3v) is 9.23. The molecule has 4 N–H and O–H groups in total. The number of hydrazine groups is 1. The summed E-state index contributed by atoms with van der Waals surface area (Å²) >= 11 is 0. The fourth-order valence-corrected chi connectivity index (χ4v) is 6.09. The third-order valence-electron chi connectivity index (χ3n) is 9.23. The molecule has 1 saturated heterocycles. The lowest BCUT2D eigenvalue weighted by molar-refractivity contribution is -0.150. The van der Waals surface area contributed by atoms with Gasteiger partial charge in [0, 0.05) is 37.4 Å². The van der Waals surface area contributed by atoms with E-state index in [0.717, 1.165) is 49.0 Å². The van der Waals surface area contributed by atoms with Gasteiger partial charge in [-0.1, -0.05) is 68.8 Å². The highest BCUT2D eigenvalue weighted by molar-refractivity contribution is 5.73. The zero-order valence-corrected chi connectivity index (χ0v) is 27.1. The lowest BCUT2D eigenvalue weighted by Crippen LogP contribution is -2.34. The van der Waals surface area contributed by atoms with E-state index >= 15 is 0 Å². The van der Waals surface area contributed by atoms with Crippen molar-refractivity contribution in [2.24, 2.45) is 23.4 Å². The Morgan fingerprint density at radius 2 is 1.89 bits per heavy atom. The zero-order valence-electron chi connectivity index (χ0n) is 27.1. The predicted octanol–water partition coefficient (Wildman–Crippen LogP) is 6.10. The van der Waals surface area contributed by atoms with Gasteiger partial charge in [-0.2, -0.15) is 0 Å². The molecule has 3 aromatic rings. The van der Waals surface area contributed by atoms with Gasteiger partial charge < -0.3 is 20.0 Å². The maximum absolute atomic E-state index is 13.4. The van der Waals surface area contributed by atoms with Crippen molar-refractivity contribution in [1.82, 2.24) is 19.5 Å². The van der Waals surface area contributed by atoms with Gasteiger partial charge >= 0.3 is 5.97 Å². The normalized spacial score (nSPS) is 16.1. The standard InChI is InChI=1S/C36H52N6O2/c1-5-29-16-19-40(20-17-29)25-35-39-18-21-41(35)23-32-22-31(13-12-27(32)3)34(15-14-33(37)24-42(38)6-2)28(4)36(43)44-26-30-10-8-7-9-11-30/h7-13,18,21-22,24,28-29,34H,5-6,14-17,19-20,23,25-26,37-38H2,1-4H3/b33-24-. The SMILES string of the molecule is CCC1CCN(Cc2nccn2Cc2cc(C(CC/C(N)=C/N(N)CC)C(C)C(=O)OCc3ccccc3)ccc2C)CC1. The van der Waals surface area contributed by atoms with Crippen LogP contribution in [0.15, 0.2) is 72.8 Å². The highest BCUT2D eigenvalue weighted by Gasteiger charge is 2.28. The number of allylic oxidation sites excluding steroid dienone is 1. The number of esters is 1. The van der Waals surface area contributed by atoms with Crippen LogP contribution in [0.4, 0.5) is 0 Å². The second-order valence-corrected chi connectivity index (χ2v) is 12.3. The van der Waals surface area contributed by atoms with Crippen LogP contribution in [-0.4, -0.2) is 45.1 Å². The minimum Gasteiger partial charge on any atom is -0.461 e. The lowest BCUT2D eigenvalue weighted by Gasteiger charge is -2.31. The Morgan fingerprint density at radius 1 is 1.14 bits per heavy atom. The summed E-state index contributed by atoms with van der Waals surface area (Å²) in [4.78, 5) is 20.6. The summed E-state index contributed by atoms with van der Waals surface area (Å²) in [6.07, 6.45) is 10.9. The van der Waals surface area contributed by atoms with E-state index in [9.17, 15) is 4.79 Å². The first-order valence-corrected chi connectivity index (χ1v) is 16.3. The third kappa shape index (κ3) is 9.44. The number of nitrogens with two attached hydrogens (primary N) is 2. The minimum absolute atomic E-state index is 0.0699. The summed E-state index contributed by atoms with van der Waals surface area (Å²) in [6, 6.07) is 16.4. The fraction of sp³-hybridized carbons (Fsp3) is 0.500. The molecule has 2 unspecified atom stereocenters. The van der Waals surface area contributed by atoms with Crippen molar-refractivity contribution in [3.63, 3.8) is 0 Å². The van der Waals surface area contributed by atoms with Gasteiger partial charge in [0.15, 0.2) is 0 Å². The van der Waals surface area contributed by atoms with E-state index in [1.165, 1.54) is 30.4 Å². The number of nitrogens with zero attached hydrogens (tertiary/aromatic N) is 4. The molecule has 238 valence electrons. The summed E-state index contributed by atoms with van der Waals surface area (Å²) < 4.78 is 8.06. The molecule has 2 heterocycles. The average Bonchev–Trinajstić information content (AvgIpc) is 3.48. The van der Waals surface area contributed by atoms with Crippen molar-refractivity contribution in [3.05, 3.63) is 101 Å². The number of likely N-dealkylation sites (tertiary alicyclic amines) is 1. The van der Waals surface area contributed by atoms with Crippen LogP contribution in [0.1, 0.15) is 86.9 Å². The summed E-state index contributed by atoms with van der Waals surface area (Å²) in [7, 11) is 0. The summed E-state index contributed by atoms with van der Waals surface area (Å²) in [6.45, 7) is 13.2. The van der Waals surface area contributed by atoms with Crippen LogP contribution >= 0.6 is 0 Å². The molecule has 1 aromatic heterocycles. The van der Waals surface area contributed by atoms with Crippen LogP contribution in [0, 0.1) is 18.8 Å². The Hall–Kier alpha value is -3.62. The van der Waals surface area contributed by atoms with Crippen molar-refractivity contribution in [2.45, 2.75) is 85.4 Å². The van der Waals surface area contributed by atoms with Gasteiger partial charge in [0.25, 0.3) is 0 Å². The van der Waals surface area contributed by atoms with Crippen molar-refractivity contribution >= 4 is 5.97 Å². The first-order chi connectivity index (χ1) is 21.3. The number of aryl methyl sites for hydroxylation is 1. The van der Waals surface area contributed by atoms with Crippen LogP contribution in [-0.2, 0) is 29.2 Å². The maximum atomic E-state index is 13.4. The molecule has 0 aliphatic carbocycles. The van der Waals surface area contributed by atoms with Gasteiger partial charge in [-0.05, 0) is 86.7 Å². The number of piperidine rings is 1. The molecule has 2 atom stereocenters. The van der Waals surface area contributed by atoms with Gasteiger partial charge in [-0.15, -0.1) is 0 Å². The van der Waals surface area contributed by atoms with Crippen molar-refractivity contribution in [2.75, 3.05) is 19.6 Å². The number of aromatic nitrogens is 2. The molecular weight excluding hydrogens is 548 g/mol. The Bertz CT molecular complexity index is 1350. The second kappa shape index (κ2) is 16.5. The van der Waals surface area contributed by atoms with E-state index in [2.05, 4.69) is 47.7 Å². The molecule has 8 heteroatoms. The van der Waals surface area contributed by atoms with Crippen LogP contribution in [0.3, 0.4) is 0 Å². The number of benzene rings is 2. The molecule has 8 nitrogen and oxygen atoms in total. The Labute approximate surface area is 264 Å². The molecule has 0 spiro atoms. The molecular formula is C36H52N6O2. The average molecular weight is 601 g/mol. The largest absolute Gasteiger partial charge is 0.461 e. The van der Waals surface area contributed by atoms with Gasteiger partial charge in [-0.3, -0.25) is 9.69 Å². The number of rotatable bonds is 15. The van der Waals surface area contributed by atoms with Gasteiger partial charge in [0.1, 0.15) is 12.4 Å². The summed E-state index contributed by atoms with van der Waals surface area (Å²) in [5.41, 5.74) is 11.6. The van der Waals surface area contributed by atoms with Gasteiger partial charge in [-0.25, -0.2) is 10.8 Å². The zero-order chi connectivity index (χ0) is 31.5. The summed E-state index contributed by atoms with van der Waals surface area (Å²) in [5, 5.41) is 1.58. The number of ether oxygens (including phenoxy) is 1. The predicted molar refractivity (Wildman–Crippen MR) is 177 cm³/mol. The topological polar surface area (TPSA) is 103 Å². The Morgan fingerprint density at radius 3 is 2.59 bits per heavy atom. The van der Waals surface area contributed by atoms with Gasteiger partial charge in [0.2, 0.25) is 0 Å². The first-order valence-electron chi connectivity index (χ1n) is 16.3. The number of hydrogen-bond donors (Lipinski definition) is 2. The van der Waals surface area contributed by atoms with E-state index in [1.807, 2.05) is 50.4 Å². The smallest absolute Gasteiger partial charge is 0.309 e. The van der Waals surface area contributed by atoms with E-state index in [-0.39, 0.29) is 24.4 Å². The summed E-state index contributed by atoms with van der Waals surface area (Å²) in [5.74, 6) is 7.30. The van der Waals surface area contributed by atoms with Crippen molar-refractivity contribution in [3.8, 4) is 0 Å². The van der Waals surface area contributed by atoms with E-state index in [4.69, 9.17) is 21.3 Å². The molecule has 0 radical (unpaired) electrons. The maximum Gasteiger partial charge on any atom is 0.309 e. The Kier molecular flexibility index (Phi) is 12.4. The van der Waals surface area contributed by atoms with Gasteiger partial charge in [0.05, 0.1) is 12.5 Å². The van der Waals surface area contributed by atoms with Crippen molar-refractivity contribution in [1.29, 1.82) is 0 Å². The van der Waals surface area contributed by atoms with E-state index in [0.29, 0.717) is 25.1 Å². The van der Waals surface area contributed by atoms with Crippen molar-refractivity contribution < 1.29 is 9.53 Å². The first kappa shape index (κ1) is 33.3. The fourth-order valence-electron chi connectivity index (χ4n) is 6.09. The molecule has 44 heavy (non-hydrogen) atoms. The number of imidazole rings is 1. The molecule has 1 aliphatic heterocycles. The molecule has 4 rings (SSSR count). The number of carbonyl (C=O) groups excluding carboxylic acids is 1. The monoisotopic (exact) mass is 600 g/mol. The van der Waals surface area contributed by atoms with Crippen LogP contribution < -0.4 is 11.6 Å². The molecule has 0 saturated carbocycles. The number of carbonyl (C=O) groups is 1. The molecule has 2 aromatic carbocycles. The van der Waals surface area contributed by atoms with Crippen LogP contribution in [0.5, 0.6) is 0 Å². The molecule has 1 fully saturated rings. The van der Waals surface area contributed by atoms with E-state index < -0.39 is 0 Å². The molecule has 1 aliphatic rings. The van der Waals surface area contributed by atoms with Crippen LogP contribution in [0.2, 0.25) is 0 Å². The van der Waals surface area contributed by atoms with E-state index in [1.54, 1.807) is 11.2 Å². The molecule has 0 amide bonds. The number of hydrogen-bond acceptors (Lipinski definition) is 7.